The SMILES string of the molecule is Nc1ccc(-c2cc(Nc3ccccc3F)nc(N3CCOCC3)n2)cn1. The summed E-state index contributed by atoms with van der Waals surface area (Å²) in [7, 11) is 0. The molecule has 0 amide bonds. The van der Waals surface area contributed by atoms with Gasteiger partial charge in [0.25, 0.3) is 0 Å². The number of benzene rings is 1. The molecule has 4 rings (SSSR count). The van der Waals surface area contributed by atoms with E-state index in [9.17, 15) is 4.39 Å². The Morgan fingerprint density at radius 3 is 2.63 bits per heavy atom. The molecule has 0 aliphatic carbocycles. The van der Waals surface area contributed by atoms with Crippen LogP contribution in [0.4, 0.5) is 27.7 Å². The van der Waals surface area contributed by atoms with Crippen LogP contribution in [0.25, 0.3) is 11.3 Å². The molecule has 0 radical (unpaired) electrons. The number of pyridine rings is 1. The van der Waals surface area contributed by atoms with Crippen LogP contribution < -0.4 is 16.0 Å². The van der Waals surface area contributed by atoms with E-state index < -0.39 is 0 Å². The predicted molar refractivity (Wildman–Crippen MR) is 102 cm³/mol. The summed E-state index contributed by atoms with van der Waals surface area (Å²) >= 11 is 0. The minimum atomic E-state index is -0.347. The first kappa shape index (κ1) is 17.2. The fourth-order valence-electron chi connectivity index (χ4n) is 2.81. The Morgan fingerprint density at radius 2 is 1.89 bits per heavy atom. The second-order valence-corrected chi connectivity index (χ2v) is 6.11. The molecule has 0 atom stereocenters. The molecule has 7 nitrogen and oxygen atoms in total. The number of nitrogen functional groups attached to an aromatic ring is 1. The zero-order valence-corrected chi connectivity index (χ0v) is 14.6. The van der Waals surface area contributed by atoms with Crippen LogP contribution >= 0.6 is 0 Å². The van der Waals surface area contributed by atoms with Gasteiger partial charge in [-0.3, -0.25) is 0 Å². The van der Waals surface area contributed by atoms with Crippen molar-refractivity contribution in [2.75, 3.05) is 42.3 Å². The Hall–Kier alpha value is -3.26. The van der Waals surface area contributed by atoms with Gasteiger partial charge in [0, 0.05) is 30.9 Å². The van der Waals surface area contributed by atoms with Crippen LogP contribution in [-0.4, -0.2) is 41.3 Å². The maximum absolute atomic E-state index is 14.0. The Bertz CT molecular complexity index is 928. The summed E-state index contributed by atoms with van der Waals surface area (Å²) in [6.45, 7) is 2.63. The van der Waals surface area contributed by atoms with E-state index in [4.69, 9.17) is 10.5 Å². The topological polar surface area (TPSA) is 89.2 Å². The van der Waals surface area contributed by atoms with E-state index in [0.717, 1.165) is 5.56 Å². The largest absolute Gasteiger partial charge is 0.384 e. The molecule has 3 aromatic rings. The van der Waals surface area contributed by atoms with Crippen LogP contribution in [0.2, 0.25) is 0 Å². The molecule has 138 valence electrons. The van der Waals surface area contributed by atoms with Gasteiger partial charge in [-0.25, -0.2) is 14.4 Å². The molecule has 1 aromatic carbocycles. The van der Waals surface area contributed by atoms with Gasteiger partial charge in [0.1, 0.15) is 17.5 Å². The Kier molecular flexibility index (Phi) is 4.80. The first-order valence-electron chi connectivity index (χ1n) is 8.64. The molecule has 0 spiro atoms. The summed E-state index contributed by atoms with van der Waals surface area (Å²) in [6, 6.07) is 11.8. The fourth-order valence-corrected chi connectivity index (χ4v) is 2.81. The number of para-hydroxylation sites is 1. The molecule has 1 aliphatic rings. The number of aromatic nitrogens is 3. The van der Waals surface area contributed by atoms with E-state index in [1.54, 1.807) is 36.5 Å². The highest BCUT2D eigenvalue weighted by molar-refractivity contribution is 5.67. The third kappa shape index (κ3) is 3.95. The van der Waals surface area contributed by atoms with Crippen molar-refractivity contribution in [3.63, 3.8) is 0 Å². The average Bonchev–Trinajstić information content (AvgIpc) is 2.71. The molecule has 1 saturated heterocycles. The second kappa shape index (κ2) is 7.55. The molecular weight excluding hydrogens is 347 g/mol. The van der Waals surface area contributed by atoms with Gasteiger partial charge in [0.15, 0.2) is 0 Å². The lowest BCUT2D eigenvalue weighted by Crippen LogP contribution is -2.37. The number of hydrogen-bond acceptors (Lipinski definition) is 7. The Morgan fingerprint density at radius 1 is 1.07 bits per heavy atom. The number of morpholine rings is 1. The Balaban J connectivity index is 1.73. The van der Waals surface area contributed by atoms with Crippen molar-refractivity contribution in [2.45, 2.75) is 0 Å². The van der Waals surface area contributed by atoms with Crippen LogP contribution in [0, 0.1) is 5.82 Å². The van der Waals surface area contributed by atoms with E-state index in [1.807, 2.05) is 11.0 Å². The normalized spacial score (nSPS) is 14.2. The third-order valence-electron chi connectivity index (χ3n) is 4.23. The maximum Gasteiger partial charge on any atom is 0.228 e. The minimum Gasteiger partial charge on any atom is -0.384 e. The number of ether oxygens (including phenoxy) is 1. The number of anilines is 4. The summed E-state index contributed by atoms with van der Waals surface area (Å²) in [5.74, 6) is 1.15. The number of rotatable bonds is 4. The van der Waals surface area contributed by atoms with Crippen LogP contribution in [0.3, 0.4) is 0 Å². The number of nitrogens with two attached hydrogens (primary N) is 1. The van der Waals surface area contributed by atoms with E-state index in [0.29, 0.717) is 55.3 Å². The maximum atomic E-state index is 14.0. The molecule has 2 aromatic heterocycles. The lowest BCUT2D eigenvalue weighted by molar-refractivity contribution is 0.122. The third-order valence-corrected chi connectivity index (χ3v) is 4.23. The fraction of sp³-hybridized carbons (Fsp3) is 0.211. The van der Waals surface area contributed by atoms with Crippen molar-refractivity contribution in [3.05, 3.63) is 54.5 Å². The highest BCUT2D eigenvalue weighted by Gasteiger charge is 2.17. The molecule has 27 heavy (non-hydrogen) atoms. The summed E-state index contributed by atoms with van der Waals surface area (Å²) < 4.78 is 19.4. The number of halogens is 1. The van der Waals surface area contributed by atoms with E-state index in [2.05, 4.69) is 20.3 Å². The summed E-state index contributed by atoms with van der Waals surface area (Å²) in [5, 5.41) is 3.04. The van der Waals surface area contributed by atoms with Crippen LogP contribution in [0.15, 0.2) is 48.7 Å². The van der Waals surface area contributed by atoms with Gasteiger partial charge in [-0.1, -0.05) is 12.1 Å². The minimum absolute atomic E-state index is 0.347. The molecule has 0 saturated carbocycles. The van der Waals surface area contributed by atoms with Crippen molar-refractivity contribution in [1.82, 2.24) is 15.0 Å². The summed E-state index contributed by atoms with van der Waals surface area (Å²) in [6.07, 6.45) is 1.66. The number of hydrogen-bond donors (Lipinski definition) is 2. The van der Waals surface area contributed by atoms with Crippen LogP contribution in [0.5, 0.6) is 0 Å². The average molecular weight is 366 g/mol. The van der Waals surface area contributed by atoms with Crippen LogP contribution in [0.1, 0.15) is 0 Å². The van der Waals surface area contributed by atoms with Crippen molar-refractivity contribution >= 4 is 23.3 Å². The Labute approximate surface area is 156 Å². The van der Waals surface area contributed by atoms with Gasteiger partial charge in [-0.2, -0.15) is 4.98 Å². The molecule has 1 fully saturated rings. The zero-order chi connectivity index (χ0) is 18.6. The highest BCUT2D eigenvalue weighted by atomic mass is 19.1. The monoisotopic (exact) mass is 366 g/mol. The van der Waals surface area contributed by atoms with E-state index in [1.165, 1.54) is 6.07 Å². The van der Waals surface area contributed by atoms with Crippen molar-refractivity contribution in [3.8, 4) is 11.3 Å². The van der Waals surface area contributed by atoms with Crippen molar-refractivity contribution < 1.29 is 9.13 Å². The molecule has 3 heterocycles. The smallest absolute Gasteiger partial charge is 0.228 e. The first-order chi connectivity index (χ1) is 13.2. The quantitative estimate of drug-likeness (QED) is 0.734. The number of nitrogens with zero attached hydrogens (tertiary/aromatic N) is 4. The standard InChI is InChI=1S/C19H19FN6O/c20-14-3-1-2-4-15(14)23-18-11-16(13-5-6-17(21)22-12-13)24-19(25-18)26-7-9-27-10-8-26/h1-6,11-12H,7-10H2,(H2,21,22)(H,23,24,25). The summed E-state index contributed by atoms with van der Waals surface area (Å²) in [5.41, 5.74) is 7.51. The lowest BCUT2D eigenvalue weighted by Gasteiger charge is -2.27. The molecule has 1 aliphatic heterocycles. The first-order valence-corrected chi connectivity index (χ1v) is 8.64. The van der Waals surface area contributed by atoms with E-state index >= 15 is 0 Å². The molecule has 0 bridgehead atoms. The van der Waals surface area contributed by atoms with Gasteiger partial charge in [0.05, 0.1) is 24.6 Å². The predicted octanol–water partition coefficient (Wildman–Crippen LogP) is 2.84. The lowest BCUT2D eigenvalue weighted by atomic mass is 10.2. The van der Waals surface area contributed by atoms with Gasteiger partial charge in [-0.15, -0.1) is 0 Å². The van der Waals surface area contributed by atoms with E-state index in [-0.39, 0.29) is 5.82 Å². The zero-order valence-electron chi connectivity index (χ0n) is 14.6. The molecule has 0 unspecified atom stereocenters. The van der Waals surface area contributed by atoms with Gasteiger partial charge in [0.2, 0.25) is 5.95 Å². The van der Waals surface area contributed by atoms with Crippen molar-refractivity contribution in [2.24, 2.45) is 0 Å². The van der Waals surface area contributed by atoms with Gasteiger partial charge >= 0.3 is 0 Å². The number of nitrogens with one attached hydrogen (secondary N) is 1. The highest BCUT2D eigenvalue weighted by Crippen LogP contribution is 2.26. The second-order valence-electron chi connectivity index (χ2n) is 6.11. The van der Waals surface area contributed by atoms with Gasteiger partial charge < -0.3 is 20.7 Å². The molecular formula is C19H19FN6O. The van der Waals surface area contributed by atoms with Crippen LogP contribution in [-0.2, 0) is 4.74 Å². The molecule has 8 heteroatoms. The summed E-state index contributed by atoms with van der Waals surface area (Å²) in [4.78, 5) is 15.4. The van der Waals surface area contributed by atoms with Gasteiger partial charge in [-0.05, 0) is 24.3 Å². The van der Waals surface area contributed by atoms with Crippen molar-refractivity contribution in [1.29, 1.82) is 0 Å². The molecule has 3 N–H and O–H groups in total.